The average molecular weight is 438 g/mol. The monoisotopic (exact) mass is 437 g/mol. The molecule has 0 saturated carbocycles. The van der Waals surface area contributed by atoms with Crippen molar-refractivity contribution in [3.63, 3.8) is 0 Å². The molecule has 0 unspecified atom stereocenters. The standard InChI is InChI=1S/C23H23N3O4S/c1-29-17-8-6-15(7-9-17)23(28)26-12-10-19-20(11-13-26)31-22(25-19)21(27)24-16-4-3-5-18(14-16)30-2/h3-9,14H,10-13H2,1-2H3,(H,24,27). The van der Waals surface area contributed by atoms with Gasteiger partial charge < -0.3 is 19.7 Å². The predicted molar refractivity (Wildman–Crippen MR) is 119 cm³/mol. The van der Waals surface area contributed by atoms with Crippen molar-refractivity contribution in [3.8, 4) is 11.5 Å². The number of benzene rings is 2. The molecule has 0 saturated heterocycles. The average Bonchev–Trinajstić information content (AvgIpc) is 3.12. The quantitative estimate of drug-likeness (QED) is 0.659. The lowest BCUT2D eigenvalue weighted by atomic mass is 10.2. The van der Waals surface area contributed by atoms with Crippen LogP contribution in [0.5, 0.6) is 11.5 Å². The van der Waals surface area contributed by atoms with Gasteiger partial charge in [0, 0.05) is 48.1 Å². The largest absolute Gasteiger partial charge is 0.497 e. The molecular weight excluding hydrogens is 414 g/mol. The first-order valence-corrected chi connectivity index (χ1v) is 10.8. The number of aromatic nitrogens is 1. The van der Waals surface area contributed by atoms with Gasteiger partial charge in [-0.25, -0.2) is 4.98 Å². The third kappa shape index (κ3) is 4.69. The maximum Gasteiger partial charge on any atom is 0.284 e. The first-order chi connectivity index (χ1) is 15.1. The van der Waals surface area contributed by atoms with Gasteiger partial charge in [-0.2, -0.15) is 0 Å². The number of anilines is 1. The highest BCUT2D eigenvalue weighted by atomic mass is 32.1. The van der Waals surface area contributed by atoms with Crippen LogP contribution in [0.15, 0.2) is 48.5 Å². The van der Waals surface area contributed by atoms with Gasteiger partial charge in [-0.15, -0.1) is 11.3 Å². The van der Waals surface area contributed by atoms with Gasteiger partial charge in [-0.05, 0) is 36.4 Å². The van der Waals surface area contributed by atoms with Crippen LogP contribution in [-0.2, 0) is 12.8 Å². The Balaban J connectivity index is 1.41. The van der Waals surface area contributed by atoms with Crippen LogP contribution in [0.25, 0.3) is 0 Å². The zero-order chi connectivity index (χ0) is 21.8. The van der Waals surface area contributed by atoms with Crippen molar-refractivity contribution in [1.29, 1.82) is 0 Å². The van der Waals surface area contributed by atoms with E-state index in [1.165, 1.54) is 11.3 Å². The Morgan fingerprint density at radius 2 is 1.74 bits per heavy atom. The summed E-state index contributed by atoms with van der Waals surface area (Å²) in [5, 5.41) is 3.30. The summed E-state index contributed by atoms with van der Waals surface area (Å²) in [6.45, 7) is 1.16. The molecule has 1 aromatic heterocycles. The van der Waals surface area contributed by atoms with Gasteiger partial charge >= 0.3 is 0 Å². The number of hydrogen-bond acceptors (Lipinski definition) is 6. The number of ether oxygens (including phenoxy) is 2. The lowest BCUT2D eigenvalue weighted by Crippen LogP contribution is -2.33. The number of nitrogens with one attached hydrogen (secondary N) is 1. The van der Waals surface area contributed by atoms with E-state index in [4.69, 9.17) is 9.47 Å². The first-order valence-electron chi connectivity index (χ1n) is 9.94. The second kappa shape index (κ2) is 9.18. The molecule has 3 aromatic rings. The van der Waals surface area contributed by atoms with Crippen LogP contribution in [0.1, 0.15) is 30.7 Å². The number of nitrogens with zero attached hydrogens (tertiary/aromatic N) is 2. The molecule has 2 amide bonds. The number of fused-ring (bicyclic) bond motifs is 1. The minimum atomic E-state index is -0.238. The summed E-state index contributed by atoms with van der Waals surface area (Å²) < 4.78 is 10.3. The van der Waals surface area contributed by atoms with Crippen molar-refractivity contribution in [1.82, 2.24) is 9.88 Å². The molecule has 0 fully saturated rings. The number of amides is 2. The smallest absolute Gasteiger partial charge is 0.284 e. The third-order valence-corrected chi connectivity index (χ3v) is 6.31. The highest BCUT2D eigenvalue weighted by molar-refractivity contribution is 7.13. The van der Waals surface area contributed by atoms with E-state index in [0.717, 1.165) is 16.3 Å². The summed E-state index contributed by atoms with van der Waals surface area (Å²) in [7, 11) is 3.18. The second-order valence-electron chi connectivity index (χ2n) is 7.10. The van der Waals surface area contributed by atoms with Crippen LogP contribution in [0.4, 0.5) is 5.69 Å². The zero-order valence-corrected chi connectivity index (χ0v) is 18.2. The molecule has 1 aliphatic heterocycles. The number of thiazole rings is 1. The van der Waals surface area contributed by atoms with E-state index >= 15 is 0 Å². The second-order valence-corrected chi connectivity index (χ2v) is 8.18. The van der Waals surface area contributed by atoms with E-state index in [1.54, 1.807) is 44.6 Å². The molecule has 2 heterocycles. The lowest BCUT2D eigenvalue weighted by molar-refractivity contribution is 0.0762. The molecule has 0 radical (unpaired) electrons. The maximum absolute atomic E-state index is 12.8. The maximum atomic E-state index is 12.8. The molecule has 31 heavy (non-hydrogen) atoms. The normalized spacial score (nSPS) is 13.2. The Kier molecular flexibility index (Phi) is 6.18. The molecule has 1 N–H and O–H groups in total. The molecule has 0 spiro atoms. The minimum absolute atomic E-state index is 0.00574. The fraction of sp³-hybridized carbons (Fsp3) is 0.261. The fourth-order valence-electron chi connectivity index (χ4n) is 3.46. The summed E-state index contributed by atoms with van der Waals surface area (Å²) in [6, 6.07) is 14.3. The van der Waals surface area contributed by atoms with Crippen molar-refractivity contribution < 1.29 is 19.1 Å². The van der Waals surface area contributed by atoms with E-state index in [-0.39, 0.29) is 11.8 Å². The fourth-order valence-corrected chi connectivity index (χ4v) is 4.46. The number of rotatable bonds is 5. The van der Waals surface area contributed by atoms with E-state index in [0.29, 0.717) is 47.9 Å². The van der Waals surface area contributed by atoms with Gasteiger partial charge in [-0.1, -0.05) is 6.07 Å². The SMILES string of the molecule is COc1ccc(C(=O)N2CCc3nc(C(=O)Nc4cccc(OC)c4)sc3CC2)cc1. The Bertz CT molecular complexity index is 1070. The van der Waals surface area contributed by atoms with E-state index in [9.17, 15) is 9.59 Å². The Morgan fingerprint density at radius 3 is 2.48 bits per heavy atom. The molecule has 0 aliphatic carbocycles. The van der Waals surface area contributed by atoms with Crippen molar-refractivity contribution in [2.75, 3.05) is 32.6 Å². The highest BCUT2D eigenvalue weighted by Gasteiger charge is 2.24. The van der Waals surface area contributed by atoms with Crippen molar-refractivity contribution >= 4 is 28.8 Å². The topological polar surface area (TPSA) is 80.8 Å². The van der Waals surface area contributed by atoms with Crippen LogP contribution >= 0.6 is 11.3 Å². The summed E-state index contributed by atoms with van der Waals surface area (Å²) in [5.41, 5.74) is 2.19. The highest BCUT2D eigenvalue weighted by Crippen LogP contribution is 2.25. The van der Waals surface area contributed by atoms with Gasteiger partial charge in [0.2, 0.25) is 0 Å². The third-order valence-electron chi connectivity index (χ3n) is 5.15. The molecule has 8 heteroatoms. The molecular formula is C23H23N3O4S. The predicted octanol–water partition coefficient (Wildman–Crippen LogP) is 3.65. The molecule has 0 atom stereocenters. The number of carbonyl (C=O) groups is 2. The van der Waals surface area contributed by atoms with Crippen LogP contribution in [0, 0.1) is 0 Å². The Labute approximate surface area is 184 Å². The molecule has 7 nitrogen and oxygen atoms in total. The van der Waals surface area contributed by atoms with Gasteiger partial charge in [0.05, 0.1) is 19.9 Å². The molecule has 4 rings (SSSR count). The summed E-state index contributed by atoms with van der Waals surface area (Å²) >= 11 is 1.39. The lowest BCUT2D eigenvalue weighted by Gasteiger charge is -2.20. The summed E-state index contributed by atoms with van der Waals surface area (Å²) in [6.07, 6.45) is 1.31. The van der Waals surface area contributed by atoms with Gasteiger partial charge in [0.25, 0.3) is 11.8 Å². The van der Waals surface area contributed by atoms with Gasteiger partial charge in [0.1, 0.15) is 11.5 Å². The van der Waals surface area contributed by atoms with Crippen molar-refractivity contribution in [3.05, 3.63) is 69.7 Å². The molecule has 160 valence electrons. The van der Waals surface area contributed by atoms with Crippen LogP contribution < -0.4 is 14.8 Å². The molecule has 0 bridgehead atoms. The molecule has 1 aliphatic rings. The number of hydrogen-bond donors (Lipinski definition) is 1. The zero-order valence-electron chi connectivity index (χ0n) is 17.4. The van der Waals surface area contributed by atoms with Crippen LogP contribution in [0.3, 0.4) is 0 Å². The van der Waals surface area contributed by atoms with Crippen molar-refractivity contribution in [2.45, 2.75) is 12.8 Å². The van der Waals surface area contributed by atoms with E-state index in [2.05, 4.69) is 10.3 Å². The van der Waals surface area contributed by atoms with Crippen LogP contribution in [-0.4, -0.2) is 49.0 Å². The summed E-state index contributed by atoms with van der Waals surface area (Å²) in [4.78, 5) is 33.0. The van der Waals surface area contributed by atoms with E-state index < -0.39 is 0 Å². The van der Waals surface area contributed by atoms with Crippen LogP contribution in [0.2, 0.25) is 0 Å². The number of carbonyl (C=O) groups excluding carboxylic acids is 2. The number of methoxy groups -OCH3 is 2. The van der Waals surface area contributed by atoms with E-state index in [1.807, 2.05) is 23.1 Å². The van der Waals surface area contributed by atoms with Gasteiger partial charge in [0.15, 0.2) is 5.01 Å². The minimum Gasteiger partial charge on any atom is -0.497 e. The van der Waals surface area contributed by atoms with Crippen molar-refractivity contribution in [2.24, 2.45) is 0 Å². The molecule has 2 aromatic carbocycles. The van der Waals surface area contributed by atoms with Gasteiger partial charge in [-0.3, -0.25) is 9.59 Å². The Hall–Kier alpha value is -3.39. The Morgan fingerprint density at radius 1 is 1.00 bits per heavy atom. The first kappa shape index (κ1) is 20.9. The summed E-state index contributed by atoms with van der Waals surface area (Å²) in [5.74, 6) is 1.15.